The SMILES string of the molecule is CCOc1cccc(/C=C2/N=C(Cc3ccc(F)cc3)OC2=O)c1. The van der Waals surface area contributed by atoms with Crippen molar-refractivity contribution < 1.29 is 18.7 Å². The van der Waals surface area contributed by atoms with Gasteiger partial charge in [0.05, 0.1) is 6.61 Å². The summed E-state index contributed by atoms with van der Waals surface area (Å²) in [4.78, 5) is 16.2. The van der Waals surface area contributed by atoms with Gasteiger partial charge in [0.25, 0.3) is 0 Å². The Kier molecular flexibility index (Phi) is 4.70. The quantitative estimate of drug-likeness (QED) is 0.621. The van der Waals surface area contributed by atoms with Crippen LogP contribution >= 0.6 is 0 Å². The van der Waals surface area contributed by atoms with Crippen LogP contribution in [0.15, 0.2) is 59.2 Å². The third-order valence-electron chi connectivity index (χ3n) is 3.41. The lowest BCUT2D eigenvalue weighted by Gasteiger charge is -2.03. The highest BCUT2D eigenvalue weighted by molar-refractivity contribution is 6.07. The van der Waals surface area contributed by atoms with Crippen molar-refractivity contribution in [3.63, 3.8) is 0 Å². The molecule has 0 saturated carbocycles. The molecule has 0 unspecified atom stereocenters. The van der Waals surface area contributed by atoms with Gasteiger partial charge in [0.15, 0.2) is 5.70 Å². The summed E-state index contributed by atoms with van der Waals surface area (Å²) in [6.45, 7) is 2.48. The molecule has 0 aromatic heterocycles. The average Bonchev–Trinajstić information content (AvgIpc) is 2.90. The molecule has 3 rings (SSSR count). The number of carbonyl (C=O) groups excluding carboxylic acids is 1. The molecule has 24 heavy (non-hydrogen) atoms. The molecule has 0 saturated heterocycles. The zero-order chi connectivity index (χ0) is 16.9. The largest absolute Gasteiger partial charge is 0.494 e. The molecule has 0 radical (unpaired) electrons. The van der Waals surface area contributed by atoms with E-state index < -0.39 is 5.97 Å². The summed E-state index contributed by atoms with van der Waals surface area (Å²) in [6, 6.07) is 13.4. The zero-order valence-electron chi connectivity index (χ0n) is 13.2. The molecule has 1 heterocycles. The lowest BCUT2D eigenvalue weighted by atomic mass is 10.1. The molecular formula is C19H16FNO3. The van der Waals surface area contributed by atoms with Gasteiger partial charge in [-0.3, -0.25) is 0 Å². The number of hydrogen-bond donors (Lipinski definition) is 0. The summed E-state index contributed by atoms with van der Waals surface area (Å²) >= 11 is 0. The van der Waals surface area contributed by atoms with E-state index >= 15 is 0 Å². The molecule has 122 valence electrons. The van der Waals surface area contributed by atoms with Gasteiger partial charge < -0.3 is 9.47 Å². The number of halogens is 1. The standard InChI is InChI=1S/C19H16FNO3/c1-2-23-16-5-3-4-14(10-16)11-17-19(22)24-18(21-17)12-13-6-8-15(20)9-7-13/h3-11H,2,12H2,1H3/b17-11+. The van der Waals surface area contributed by atoms with Crippen LogP contribution in [-0.4, -0.2) is 18.5 Å². The van der Waals surface area contributed by atoms with Gasteiger partial charge in [-0.1, -0.05) is 24.3 Å². The molecule has 0 aliphatic carbocycles. The third kappa shape index (κ3) is 3.87. The first-order chi connectivity index (χ1) is 11.6. The Hall–Kier alpha value is -2.95. The number of nitrogens with zero attached hydrogens (tertiary/aromatic N) is 1. The monoisotopic (exact) mass is 325 g/mol. The van der Waals surface area contributed by atoms with Crippen LogP contribution in [0.3, 0.4) is 0 Å². The minimum atomic E-state index is -0.492. The molecule has 0 fully saturated rings. The Morgan fingerprint density at radius 2 is 2.00 bits per heavy atom. The van der Waals surface area contributed by atoms with Crippen LogP contribution in [0.2, 0.25) is 0 Å². The number of ether oxygens (including phenoxy) is 2. The van der Waals surface area contributed by atoms with Crippen molar-refractivity contribution in [2.24, 2.45) is 4.99 Å². The minimum absolute atomic E-state index is 0.237. The highest BCUT2D eigenvalue weighted by atomic mass is 19.1. The van der Waals surface area contributed by atoms with Gasteiger partial charge in [-0.15, -0.1) is 0 Å². The molecular weight excluding hydrogens is 309 g/mol. The van der Waals surface area contributed by atoms with Crippen molar-refractivity contribution >= 4 is 17.9 Å². The number of cyclic esters (lactones) is 1. The van der Waals surface area contributed by atoms with Crippen molar-refractivity contribution in [1.82, 2.24) is 0 Å². The fraction of sp³-hybridized carbons (Fsp3) is 0.158. The average molecular weight is 325 g/mol. The fourth-order valence-electron chi connectivity index (χ4n) is 2.32. The van der Waals surface area contributed by atoms with E-state index in [1.807, 2.05) is 31.2 Å². The van der Waals surface area contributed by atoms with E-state index in [0.29, 0.717) is 18.9 Å². The van der Waals surface area contributed by atoms with Crippen molar-refractivity contribution in [2.75, 3.05) is 6.61 Å². The smallest absolute Gasteiger partial charge is 0.363 e. The van der Waals surface area contributed by atoms with Crippen molar-refractivity contribution in [3.8, 4) is 5.75 Å². The number of aliphatic imine (C=N–C) groups is 1. The highest BCUT2D eigenvalue weighted by Gasteiger charge is 2.23. The van der Waals surface area contributed by atoms with Crippen LogP contribution in [0.1, 0.15) is 18.1 Å². The molecule has 2 aromatic carbocycles. The number of carbonyl (C=O) groups is 1. The summed E-state index contributed by atoms with van der Waals surface area (Å²) in [5.74, 6) is 0.236. The maximum Gasteiger partial charge on any atom is 0.363 e. The van der Waals surface area contributed by atoms with Gasteiger partial charge in [-0.2, -0.15) is 0 Å². The predicted octanol–water partition coefficient (Wildman–Crippen LogP) is 3.76. The van der Waals surface area contributed by atoms with Gasteiger partial charge in [0.1, 0.15) is 11.6 Å². The lowest BCUT2D eigenvalue weighted by Crippen LogP contribution is -2.06. The number of hydrogen-bond acceptors (Lipinski definition) is 4. The van der Waals surface area contributed by atoms with E-state index in [0.717, 1.165) is 16.9 Å². The van der Waals surface area contributed by atoms with E-state index in [1.165, 1.54) is 12.1 Å². The molecule has 1 aliphatic heterocycles. The Morgan fingerprint density at radius 1 is 1.21 bits per heavy atom. The lowest BCUT2D eigenvalue weighted by molar-refractivity contribution is -0.130. The molecule has 1 aliphatic rings. The van der Waals surface area contributed by atoms with Crippen molar-refractivity contribution in [3.05, 3.63) is 71.2 Å². The maximum atomic E-state index is 12.9. The molecule has 0 N–H and O–H groups in total. The van der Waals surface area contributed by atoms with Gasteiger partial charge >= 0.3 is 5.97 Å². The van der Waals surface area contributed by atoms with E-state index in [2.05, 4.69) is 4.99 Å². The second-order valence-corrected chi connectivity index (χ2v) is 5.23. The van der Waals surface area contributed by atoms with Crippen LogP contribution in [0.5, 0.6) is 5.75 Å². The fourth-order valence-corrected chi connectivity index (χ4v) is 2.32. The molecule has 2 aromatic rings. The van der Waals surface area contributed by atoms with Gasteiger partial charge in [-0.25, -0.2) is 14.2 Å². The van der Waals surface area contributed by atoms with Crippen LogP contribution < -0.4 is 4.74 Å². The van der Waals surface area contributed by atoms with Crippen molar-refractivity contribution in [2.45, 2.75) is 13.3 Å². The zero-order valence-corrected chi connectivity index (χ0v) is 13.2. The number of esters is 1. The van der Waals surface area contributed by atoms with Gasteiger partial charge in [0, 0.05) is 6.42 Å². The van der Waals surface area contributed by atoms with Crippen molar-refractivity contribution in [1.29, 1.82) is 0 Å². The number of rotatable bonds is 5. The highest BCUT2D eigenvalue weighted by Crippen LogP contribution is 2.20. The normalized spacial score (nSPS) is 15.3. The van der Waals surface area contributed by atoms with Crippen LogP contribution in [-0.2, 0) is 16.0 Å². The Bertz CT molecular complexity index is 810. The topological polar surface area (TPSA) is 47.9 Å². The molecule has 0 atom stereocenters. The molecule has 0 amide bonds. The van der Waals surface area contributed by atoms with E-state index in [1.54, 1.807) is 18.2 Å². The van der Waals surface area contributed by atoms with Crippen LogP contribution in [0.4, 0.5) is 4.39 Å². The second kappa shape index (κ2) is 7.08. The third-order valence-corrected chi connectivity index (χ3v) is 3.41. The summed E-state index contributed by atoms with van der Waals surface area (Å²) in [5.41, 5.74) is 1.86. The van der Waals surface area contributed by atoms with Gasteiger partial charge in [0.2, 0.25) is 5.90 Å². The summed E-state index contributed by atoms with van der Waals surface area (Å²) in [5, 5.41) is 0. The first-order valence-corrected chi connectivity index (χ1v) is 7.63. The first-order valence-electron chi connectivity index (χ1n) is 7.63. The predicted molar refractivity (Wildman–Crippen MR) is 89.2 cm³/mol. The van der Waals surface area contributed by atoms with E-state index in [9.17, 15) is 9.18 Å². The summed E-state index contributed by atoms with van der Waals surface area (Å²) in [7, 11) is 0. The Morgan fingerprint density at radius 3 is 2.75 bits per heavy atom. The first kappa shape index (κ1) is 15.9. The minimum Gasteiger partial charge on any atom is -0.494 e. The Labute approximate surface area is 139 Å². The summed E-state index contributed by atoms with van der Waals surface area (Å²) in [6.07, 6.45) is 1.99. The summed E-state index contributed by atoms with van der Waals surface area (Å²) < 4.78 is 23.5. The molecule has 4 nitrogen and oxygen atoms in total. The van der Waals surface area contributed by atoms with Crippen LogP contribution in [0, 0.1) is 5.82 Å². The van der Waals surface area contributed by atoms with E-state index in [-0.39, 0.29) is 11.5 Å². The van der Waals surface area contributed by atoms with Crippen LogP contribution in [0.25, 0.3) is 6.08 Å². The maximum absolute atomic E-state index is 12.9. The van der Waals surface area contributed by atoms with Gasteiger partial charge in [-0.05, 0) is 48.4 Å². The molecule has 0 bridgehead atoms. The Balaban J connectivity index is 1.78. The molecule has 5 heteroatoms. The van der Waals surface area contributed by atoms with E-state index in [4.69, 9.17) is 9.47 Å². The molecule has 0 spiro atoms. The second-order valence-electron chi connectivity index (χ2n) is 5.23. The number of benzene rings is 2.